The van der Waals surface area contributed by atoms with Crippen molar-refractivity contribution in [2.45, 2.75) is 112 Å². The maximum atomic E-state index is 11.4. The summed E-state index contributed by atoms with van der Waals surface area (Å²) in [6.45, 7) is 29.0. The number of aliphatic hydroxyl groups is 1. The lowest BCUT2D eigenvalue weighted by atomic mass is 9.90. The SMILES string of the molecule is C=C1C(CCC=O)=C(C(C)N(C)CCN(C)C(C)(C)C)C=C2c3nc4ccc(O)cc4c(CC)c3CN12.C=O.CC.CC(C)(C)O.O=CO.O=CO. The summed E-state index contributed by atoms with van der Waals surface area (Å²) in [4.78, 5) is 48.2. The Bertz CT molecular complexity index is 1490. The van der Waals surface area contributed by atoms with E-state index in [2.05, 4.69) is 76.1 Å². The number of phenolic OH excluding ortho intramolecular Hbond substituents is 1. The minimum Gasteiger partial charge on any atom is -0.508 e. The highest BCUT2D eigenvalue weighted by atomic mass is 16.3. The van der Waals surface area contributed by atoms with Crippen molar-refractivity contribution in [1.29, 1.82) is 0 Å². The molecular weight excluding hydrogens is 664 g/mol. The highest BCUT2D eigenvalue weighted by Crippen LogP contribution is 2.45. The summed E-state index contributed by atoms with van der Waals surface area (Å²) in [5.41, 5.74) is 8.39. The van der Waals surface area contributed by atoms with Gasteiger partial charge in [-0.15, -0.1) is 0 Å². The normalized spacial score (nSPS) is 13.6. The first-order valence-electron chi connectivity index (χ1n) is 17.4. The van der Waals surface area contributed by atoms with Crippen LogP contribution in [0.5, 0.6) is 5.75 Å². The molecule has 0 radical (unpaired) electrons. The number of aryl methyl sites for hydroxylation is 1. The summed E-state index contributed by atoms with van der Waals surface area (Å²) in [6.07, 6.45) is 5.30. The minimum atomic E-state index is -0.500. The number of hydrogen-bond acceptors (Lipinski definition) is 10. The van der Waals surface area contributed by atoms with Crippen LogP contribution in [0.1, 0.15) is 98.9 Å². The van der Waals surface area contributed by atoms with E-state index in [1.165, 1.54) is 16.7 Å². The number of benzene rings is 1. The predicted molar refractivity (Wildman–Crippen MR) is 210 cm³/mol. The van der Waals surface area contributed by atoms with E-state index in [-0.39, 0.29) is 30.3 Å². The summed E-state index contributed by atoms with van der Waals surface area (Å²) in [5.74, 6) is 0.261. The molecule has 2 aliphatic rings. The molecule has 12 nitrogen and oxygen atoms in total. The van der Waals surface area contributed by atoms with Crippen LogP contribution in [0, 0.1) is 0 Å². The molecule has 0 saturated carbocycles. The number of nitrogens with zero attached hydrogens (tertiary/aromatic N) is 4. The van der Waals surface area contributed by atoms with Gasteiger partial charge in [-0.05, 0) is 116 Å². The van der Waals surface area contributed by atoms with Crippen LogP contribution in [0.3, 0.4) is 0 Å². The zero-order valence-electron chi connectivity index (χ0n) is 33.5. The number of rotatable bonds is 9. The van der Waals surface area contributed by atoms with Crippen LogP contribution in [0.25, 0.3) is 16.6 Å². The molecule has 4 N–H and O–H groups in total. The largest absolute Gasteiger partial charge is 0.508 e. The first-order chi connectivity index (χ1) is 24.3. The molecule has 2 aromatic rings. The third kappa shape index (κ3) is 15.1. The molecule has 4 rings (SSSR count). The summed E-state index contributed by atoms with van der Waals surface area (Å²) >= 11 is 0. The molecule has 0 spiro atoms. The lowest BCUT2D eigenvalue weighted by Gasteiger charge is -2.37. The molecule has 1 aromatic carbocycles. The van der Waals surface area contributed by atoms with Gasteiger partial charge in [0.15, 0.2) is 0 Å². The van der Waals surface area contributed by atoms with Crippen molar-refractivity contribution in [3.63, 3.8) is 0 Å². The molecule has 0 aliphatic carbocycles. The van der Waals surface area contributed by atoms with Crippen molar-refractivity contribution >= 4 is 42.6 Å². The van der Waals surface area contributed by atoms with E-state index < -0.39 is 5.60 Å². The number of carboxylic acid groups (broad SMARTS) is 2. The number of carbonyl (C=O) groups is 4. The van der Waals surface area contributed by atoms with Gasteiger partial charge < -0.3 is 39.8 Å². The predicted octanol–water partition coefficient (Wildman–Crippen LogP) is 6.53. The number of carbonyl (C=O) groups excluding carboxylic acids is 2. The Morgan fingerprint density at radius 3 is 1.98 bits per heavy atom. The van der Waals surface area contributed by atoms with Crippen LogP contribution in [0.2, 0.25) is 0 Å². The number of fused-ring (bicyclic) bond motifs is 4. The van der Waals surface area contributed by atoms with Crippen molar-refractivity contribution in [2.75, 3.05) is 27.2 Å². The quantitative estimate of drug-likeness (QED) is 0.206. The van der Waals surface area contributed by atoms with Gasteiger partial charge >= 0.3 is 0 Å². The molecule has 3 heterocycles. The second-order valence-corrected chi connectivity index (χ2v) is 13.8. The summed E-state index contributed by atoms with van der Waals surface area (Å²) in [5, 5.41) is 33.4. The topological polar surface area (TPSA) is 172 Å². The fraction of sp³-hybridized carbons (Fsp3) is 0.525. The summed E-state index contributed by atoms with van der Waals surface area (Å²) in [7, 11) is 4.35. The van der Waals surface area contributed by atoms with Crippen LogP contribution in [0.15, 0.2) is 47.7 Å². The lowest BCUT2D eigenvalue weighted by Crippen LogP contribution is -2.44. The molecule has 1 unspecified atom stereocenters. The van der Waals surface area contributed by atoms with Crippen LogP contribution < -0.4 is 0 Å². The summed E-state index contributed by atoms with van der Waals surface area (Å²) < 4.78 is 0. The zero-order valence-corrected chi connectivity index (χ0v) is 33.5. The minimum absolute atomic E-state index is 0.121. The van der Waals surface area contributed by atoms with Crippen molar-refractivity contribution in [3.05, 3.63) is 64.5 Å². The van der Waals surface area contributed by atoms with Gasteiger partial charge in [0.25, 0.3) is 12.9 Å². The summed E-state index contributed by atoms with van der Waals surface area (Å²) in [6, 6.07) is 5.59. The second kappa shape index (κ2) is 24.0. The number of aromatic hydroxyl groups is 1. The third-order valence-corrected chi connectivity index (χ3v) is 8.26. The van der Waals surface area contributed by atoms with E-state index in [0.29, 0.717) is 19.4 Å². The lowest BCUT2D eigenvalue weighted by molar-refractivity contribution is -0.123. The van der Waals surface area contributed by atoms with Gasteiger partial charge in [0.05, 0.1) is 29.1 Å². The molecule has 12 heteroatoms. The number of allylic oxidation sites excluding steroid dienone is 1. The van der Waals surface area contributed by atoms with Crippen molar-refractivity contribution in [3.8, 4) is 5.75 Å². The monoisotopic (exact) mass is 728 g/mol. The Morgan fingerprint density at radius 1 is 1.00 bits per heavy atom. The maximum absolute atomic E-state index is 11.4. The number of pyridine rings is 1. The Morgan fingerprint density at radius 2 is 1.52 bits per heavy atom. The van der Waals surface area contributed by atoms with Crippen LogP contribution in [0.4, 0.5) is 0 Å². The fourth-order valence-electron chi connectivity index (χ4n) is 5.40. The number of phenols is 1. The van der Waals surface area contributed by atoms with E-state index in [9.17, 15) is 9.90 Å². The van der Waals surface area contributed by atoms with E-state index in [1.54, 1.807) is 26.8 Å². The number of aromatic nitrogens is 1. The van der Waals surface area contributed by atoms with E-state index >= 15 is 0 Å². The van der Waals surface area contributed by atoms with Gasteiger partial charge in [0.2, 0.25) is 0 Å². The van der Waals surface area contributed by atoms with Crippen LogP contribution in [-0.4, -0.2) is 110 Å². The molecule has 0 fully saturated rings. The maximum Gasteiger partial charge on any atom is 0.290 e. The smallest absolute Gasteiger partial charge is 0.290 e. The Kier molecular flexibility index (Phi) is 22.9. The van der Waals surface area contributed by atoms with Crippen LogP contribution >= 0.6 is 0 Å². The van der Waals surface area contributed by atoms with Crippen molar-refractivity contribution in [1.82, 2.24) is 19.7 Å². The van der Waals surface area contributed by atoms with Gasteiger partial charge in [0.1, 0.15) is 18.8 Å². The average molecular weight is 729 g/mol. The Labute approximate surface area is 311 Å². The van der Waals surface area contributed by atoms with Crippen molar-refractivity contribution in [2.24, 2.45) is 0 Å². The van der Waals surface area contributed by atoms with Gasteiger partial charge in [-0.1, -0.05) is 27.4 Å². The standard InChI is InChI=1S/C31H42N4O2.C4H10O.C2H6.2CH2O2.CH2O/c1-9-23-26-17-22(37)12-13-28(26)32-30-27(23)19-35-21(3)24(11-10-16-36)25(18-29(30)35)20(2)33(7)14-15-34(8)31(4,5)6;1-4(2,3)5;1-2;2*2-1-3;1-2/h12-13,16-18,20,37H,3,9-11,14-15,19H2,1-2,4-8H3;5H,1-3H3;1-2H3;2*1H,(H,2,3);1H2. The molecule has 2 aliphatic heterocycles. The highest BCUT2D eigenvalue weighted by Gasteiger charge is 2.36. The molecule has 1 aromatic heterocycles. The molecule has 1 atom stereocenters. The molecule has 0 bridgehead atoms. The van der Waals surface area contributed by atoms with E-state index in [4.69, 9.17) is 34.7 Å². The first kappa shape index (κ1) is 49.7. The van der Waals surface area contributed by atoms with E-state index in [1.807, 2.05) is 32.8 Å². The van der Waals surface area contributed by atoms with Crippen molar-refractivity contribution < 1.29 is 39.6 Å². The second-order valence-electron chi connectivity index (χ2n) is 13.8. The molecule has 0 amide bonds. The van der Waals surface area contributed by atoms with Gasteiger partial charge in [0, 0.05) is 47.7 Å². The fourth-order valence-corrected chi connectivity index (χ4v) is 5.40. The molecule has 0 saturated heterocycles. The average Bonchev–Trinajstić information content (AvgIpc) is 3.44. The van der Waals surface area contributed by atoms with E-state index in [0.717, 1.165) is 59.4 Å². The molecule has 52 heavy (non-hydrogen) atoms. The molecular formula is C40H64N4O8. The third-order valence-electron chi connectivity index (χ3n) is 8.26. The Hall–Kier alpha value is -4.39. The van der Waals surface area contributed by atoms with Gasteiger partial charge in [-0.3, -0.25) is 14.5 Å². The molecule has 292 valence electrons. The number of likely N-dealkylation sites (N-methyl/N-ethyl adjacent to an activating group) is 2. The zero-order chi connectivity index (χ0) is 41.0. The van der Waals surface area contributed by atoms with Gasteiger partial charge in [-0.2, -0.15) is 0 Å². The highest BCUT2D eigenvalue weighted by molar-refractivity contribution is 5.89. The first-order valence-corrected chi connectivity index (χ1v) is 17.4. The van der Waals surface area contributed by atoms with Gasteiger partial charge in [-0.25, -0.2) is 4.98 Å². The number of hydrogen-bond donors (Lipinski definition) is 4. The van der Waals surface area contributed by atoms with Crippen LogP contribution in [-0.2, 0) is 32.1 Å². The number of aldehydes is 1. The Balaban J connectivity index is 0.